The SMILES string of the molecule is CCc1ccccc1NC(=O)CSc1nnc(C([NH3+])CCSC)o1. The Morgan fingerprint density at radius 3 is 2.92 bits per heavy atom. The van der Waals surface area contributed by atoms with E-state index >= 15 is 0 Å². The average Bonchev–Trinajstić information content (AvgIpc) is 3.07. The summed E-state index contributed by atoms with van der Waals surface area (Å²) in [5.41, 5.74) is 6.00. The first-order valence-electron chi connectivity index (χ1n) is 7.80. The molecule has 0 aliphatic rings. The molecule has 6 nitrogen and oxygen atoms in total. The first-order chi connectivity index (χ1) is 11.6. The number of benzene rings is 1. The first-order valence-corrected chi connectivity index (χ1v) is 10.2. The molecule has 0 saturated carbocycles. The van der Waals surface area contributed by atoms with Gasteiger partial charge in [0, 0.05) is 12.1 Å². The molecule has 0 fully saturated rings. The van der Waals surface area contributed by atoms with E-state index < -0.39 is 0 Å². The van der Waals surface area contributed by atoms with Crippen molar-refractivity contribution in [3.63, 3.8) is 0 Å². The summed E-state index contributed by atoms with van der Waals surface area (Å²) in [4.78, 5) is 12.1. The summed E-state index contributed by atoms with van der Waals surface area (Å²) in [6.07, 6.45) is 3.82. The van der Waals surface area contributed by atoms with Crippen LogP contribution in [-0.2, 0) is 11.2 Å². The Morgan fingerprint density at radius 2 is 2.17 bits per heavy atom. The molecule has 4 N–H and O–H groups in total. The maximum absolute atomic E-state index is 12.1. The summed E-state index contributed by atoms with van der Waals surface area (Å²) >= 11 is 3.00. The van der Waals surface area contributed by atoms with E-state index in [0.717, 1.165) is 29.8 Å². The molecule has 130 valence electrons. The highest BCUT2D eigenvalue weighted by Gasteiger charge is 2.18. The Kier molecular flexibility index (Phi) is 7.61. The lowest BCUT2D eigenvalue weighted by Gasteiger charge is -2.08. The Hall–Kier alpha value is -1.51. The number of rotatable bonds is 9. The van der Waals surface area contributed by atoms with E-state index in [0.29, 0.717) is 11.1 Å². The summed E-state index contributed by atoms with van der Waals surface area (Å²) in [6.45, 7) is 2.06. The van der Waals surface area contributed by atoms with Crippen LogP contribution in [-0.4, -0.2) is 33.9 Å². The van der Waals surface area contributed by atoms with Crippen LogP contribution in [0.1, 0.15) is 30.8 Å². The van der Waals surface area contributed by atoms with Crippen molar-refractivity contribution in [3.05, 3.63) is 35.7 Å². The molecular weight excluding hydrogens is 344 g/mol. The number of thioether (sulfide) groups is 2. The van der Waals surface area contributed by atoms with Gasteiger partial charge in [0.15, 0.2) is 6.04 Å². The van der Waals surface area contributed by atoms with Crippen LogP contribution in [0.3, 0.4) is 0 Å². The number of amides is 1. The second-order valence-corrected chi connectivity index (χ2v) is 7.14. The zero-order valence-electron chi connectivity index (χ0n) is 13.9. The van der Waals surface area contributed by atoms with Crippen LogP contribution in [0.4, 0.5) is 5.69 Å². The van der Waals surface area contributed by atoms with E-state index in [4.69, 9.17) is 4.42 Å². The van der Waals surface area contributed by atoms with Crippen LogP contribution in [0.25, 0.3) is 0 Å². The summed E-state index contributed by atoms with van der Waals surface area (Å²) in [6, 6.07) is 7.79. The van der Waals surface area contributed by atoms with E-state index in [9.17, 15) is 4.79 Å². The lowest BCUT2D eigenvalue weighted by molar-refractivity contribution is -0.432. The predicted octanol–water partition coefficient (Wildman–Crippen LogP) is 2.40. The van der Waals surface area contributed by atoms with Gasteiger partial charge in [-0.2, -0.15) is 11.8 Å². The topological polar surface area (TPSA) is 95.7 Å². The molecule has 0 aliphatic heterocycles. The highest BCUT2D eigenvalue weighted by Crippen LogP contribution is 2.21. The highest BCUT2D eigenvalue weighted by molar-refractivity contribution is 7.99. The summed E-state index contributed by atoms with van der Waals surface area (Å²) in [5, 5.41) is 11.3. The van der Waals surface area contributed by atoms with Gasteiger partial charge in [0.1, 0.15) is 0 Å². The number of hydrogen-bond donors (Lipinski definition) is 2. The minimum Gasteiger partial charge on any atom is -0.410 e. The highest BCUT2D eigenvalue weighted by atomic mass is 32.2. The molecule has 2 aromatic rings. The largest absolute Gasteiger partial charge is 0.410 e. The van der Waals surface area contributed by atoms with E-state index in [-0.39, 0.29) is 17.7 Å². The van der Waals surface area contributed by atoms with Crippen molar-refractivity contribution < 1.29 is 14.9 Å². The molecule has 0 radical (unpaired) electrons. The maximum Gasteiger partial charge on any atom is 0.277 e. The third-order valence-electron chi connectivity index (χ3n) is 3.44. The van der Waals surface area contributed by atoms with Crippen molar-refractivity contribution in [2.24, 2.45) is 0 Å². The second-order valence-electron chi connectivity index (χ2n) is 5.23. The number of quaternary nitrogens is 1. The lowest BCUT2D eigenvalue weighted by Crippen LogP contribution is -2.53. The van der Waals surface area contributed by atoms with Gasteiger partial charge in [0.2, 0.25) is 5.91 Å². The number of para-hydroxylation sites is 1. The Labute approximate surface area is 150 Å². The standard InChI is InChI=1S/C16H22N4O2S2/c1-3-11-6-4-5-7-13(11)18-14(21)10-24-16-20-19-15(22-16)12(17)8-9-23-2/h4-7,12H,3,8-10,17H2,1-2H3,(H,18,21)/p+1. The molecule has 2 rings (SSSR count). The van der Waals surface area contributed by atoms with E-state index in [1.807, 2.05) is 24.3 Å². The van der Waals surface area contributed by atoms with Gasteiger partial charge in [0.25, 0.3) is 11.1 Å². The van der Waals surface area contributed by atoms with Gasteiger partial charge < -0.3 is 15.5 Å². The van der Waals surface area contributed by atoms with Crippen molar-refractivity contribution in [1.29, 1.82) is 0 Å². The van der Waals surface area contributed by atoms with Crippen molar-refractivity contribution in [2.75, 3.05) is 23.1 Å². The first kappa shape index (κ1) is 18.8. The maximum atomic E-state index is 12.1. The van der Waals surface area contributed by atoms with Crippen LogP contribution in [0.15, 0.2) is 33.9 Å². The third kappa shape index (κ3) is 5.54. The molecule has 1 amide bonds. The van der Waals surface area contributed by atoms with E-state index in [1.54, 1.807) is 11.8 Å². The van der Waals surface area contributed by atoms with E-state index in [1.165, 1.54) is 11.8 Å². The zero-order chi connectivity index (χ0) is 17.4. The molecule has 0 aliphatic carbocycles. The predicted molar refractivity (Wildman–Crippen MR) is 98.1 cm³/mol. The van der Waals surface area contributed by atoms with Crippen LogP contribution in [0, 0.1) is 0 Å². The number of carbonyl (C=O) groups is 1. The normalized spacial score (nSPS) is 12.1. The minimum atomic E-state index is -0.0887. The summed E-state index contributed by atoms with van der Waals surface area (Å²) in [7, 11) is 0. The van der Waals surface area contributed by atoms with Crippen molar-refractivity contribution in [3.8, 4) is 0 Å². The van der Waals surface area contributed by atoms with Gasteiger partial charge in [-0.1, -0.05) is 36.9 Å². The summed E-state index contributed by atoms with van der Waals surface area (Å²) < 4.78 is 5.58. The Morgan fingerprint density at radius 1 is 1.38 bits per heavy atom. The molecule has 8 heteroatoms. The average molecular weight is 368 g/mol. The van der Waals surface area contributed by atoms with Gasteiger partial charge in [-0.15, -0.1) is 10.2 Å². The number of carbonyl (C=O) groups excluding carboxylic acids is 1. The molecule has 0 bridgehead atoms. The van der Waals surface area contributed by atoms with Gasteiger partial charge in [-0.05, 0) is 30.1 Å². The number of hydrogen-bond acceptors (Lipinski definition) is 6. The number of nitrogens with one attached hydrogen (secondary N) is 1. The minimum absolute atomic E-state index is 0.00967. The number of aryl methyl sites for hydroxylation is 1. The number of anilines is 1. The lowest BCUT2D eigenvalue weighted by atomic mass is 10.1. The van der Waals surface area contributed by atoms with Crippen LogP contribution in [0.2, 0.25) is 0 Å². The van der Waals surface area contributed by atoms with Crippen LogP contribution in [0.5, 0.6) is 0 Å². The fourth-order valence-electron chi connectivity index (χ4n) is 2.09. The molecule has 1 aromatic carbocycles. The molecule has 1 heterocycles. The smallest absolute Gasteiger partial charge is 0.277 e. The molecule has 1 aromatic heterocycles. The van der Waals surface area contributed by atoms with Crippen molar-refractivity contribution in [2.45, 2.75) is 31.0 Å². The summed E-state index contributed by atoms with van der Waals surface area (Å²) in [5.74, 6) is 1.67. The Balaban J connectivity index is 1.85. The monoisotopic (exact) mass is 367 g/mol. The fraction of sp³-hybridized carbons (Fsp3) is 0.438. The fourth-order valence-corrected chi connectivity index (χ4v) is 3.18. The van der Waals surface area contributed by atoms with Crippen molar-refractivity contribution >= 4 is 35.1 Å². The zero-order valence-corrected chi connectivity index (χ0v) is 15.6. The van der Waals surface area contributed by atoms with Gasteiger partial charge in [0.05, 0.1) is 5.75 Å². The number of aromatic nitrogens is 2. The van der Waals surface area contributed by atoms with Gasteiger partial charge >= 0.3 is 0 Å². The van der Waals surface area contributed by atoms with Crippen molar-refractivity contribution in [1.82, 2.24) is 10.2 Å². The van der Waals surface area contributed by atoms with Gasteiger partial charge in [-0.25, -0.2) is 0 Å². The Bertz CT molecular complexity index is 663. The van der Waals surface area contributed by atoms with Crippen LogP contribution < -0.4 is 11.1 Å². The van der Waals surface area contributed by atoms with Gasteiger partial charge in [-0.3, -0.25) is 4.79 Å². The third-order valence-corrected chi connectivity index (χ3v) is 4.90. The van der Waals surface area contributed by atoms with E-state index in [2.05, 4.69) is 34.4 Å². The molecule has 0 saturated heterocycles. The second kappa shape index (κ2) is 9.71. The molecular formula is C16H23N4O2S2+. The van der Waals surface area contributed by atoms with Crippen LogP contribution >= 0.6 is 23.5 Å². The number of nitrogens with zero attached hydrogens (tertiary/aromatic N) is 2. The molecule has 0 spiro atoms. The molecule has 1 unspecified atom stereocenters. The molecule has 1 atom stereocenters. The quantitative estimate of drug-likeness (QED) is 0.661. The molecule has 24 heavy (non-hydrogen) atoms.